The first-order valence-corrected chi connectivity index (χ1v) is 18.1. The van der Waals surface area contributed by atoms with Gasteiger partial charge in [-0.05, 0) is 132 Å². The molecule has 6 fully saturated rings. The van der Waals surface area contributed by atoms with Gasteiger partial charge in [-0.1, -0.05) is 40.0 Å². The van der Waals surface area contributed by atoms with E-state index in [9.17, 15) is 9.59 Å². The maximum Gasteiger partial charge on any atom is 0.306 e. The van der Waals surface area contributed by atoms with Gasteiger partial charge in [0, 0.05) is 30.8 Å². The summed E-state index contributed by atoms with van der Waals surface area (Å²) in [7, 11) is 0. The topological polar surface area (TPSA) is 59.1 Å². The van der Waals surface area contributed by atoms with Crippen LogP contribution in [0.25, 0.3) is 0 Å². The molecule has 0 N–H and O–H groups in total. The molecule has 6 heteroatoms. The number of nitrogens with zero attached hydrogens (tertiary/aromatic N) is 2. The van der Waals surface area contributed by atoms with Gasteiger partial charge in [-0.25, -0.2) is 0 Å². The number of carbonyl (C=O) groups excluding carboxylic acids is 2. The Morgan fingerprint density at radius 3 is 2.05 bits per heavy atom. The molecule has 0 bridgehead atoms. The zero-order valence-electron chi connectivity index (χ0n) is 27.3. The molecule has 0 amide bonds. The average molecular weight is 585 g/mol. The van der Waals surface area contributed by atoms with Crippen LogP contribution in [-0.2, 0) is 19.1 Å². The van der Waals surface area contributed by atoms with Crippen LogP contribution >= 0.6 is 0 Å². The molecule has 6 nitrogen and oxygen atoms in total. The summed E-state index contributed by atoms with van der Waals surface area (Å²) >= 11 is 0. The lowest BCUT2D eigenvalue weighted by Gasteiger charge is -2.62. The van der Waals surface area contributed by atoms with Gasteiger partial charge in [0.25, 0.3) is 0 Å². The van der Waals surface area contributed by atoms with Crippen molar-refractivity contribution in [3.8, 4) is 0 Å². The molecule has 42 heavy (non-hydrogen) atoms. The van der Waals surface area contributed by atoms with E-state index in [2.05, 4.69) is 30.6 Å². The van der Waals surface area contributed by atoms with Gasteiger partial charge in [0.05, 0.1) is 0 Å². The molecule has 0 aromatic heterocycles. The zero-order valence-corrected chi connectivity index (χ0v) is 27.3. The van der Waals surface area contributed by atoms with Gasteiger partial charge in [-0.2, -0.15) is 0 Å². The Labute approximate surface area is 256 Å². The number of likely N-dealkylation sites (tertiary alicyclic amines) is 2. The molecule has 0 aromatic rings. The van der Waals surface area contributed by atoms with Gasteiger partial charge < -0.3 is 9.47 Å². The third-order valence-electron chi connectivity index (χ3n) is 13.6. The zero-order chi connectivity index (χ0) is 29.5. The molecule has 0 unspecified atom stereocenters. The molecule has 2 heterocycles. The van der Waals surface area contributed by atoms with Crippen LogP contribution in [0.1, 0.15) is 130 Å². The number of carbonyl (C=O) groups is 2. The minimum absolute atomic E-state index is 0.0233. The number of fused-ring (bicyclic) bond motifs is 5. The Balaban J connectivity index is 1.27. The van der Waals surface area contributed by atoms with E-state index in [4.69, 9.17) is 9.47 Å². The Hall–Kier alpha value is -1.14. The summed E-state index contributed by atoms with van der Waals surface area (Å²) in [5.74, 6) is 2.60. The molecule has 6 rings (SSSR count). The highest BCUT2D eigenvalue weighted by Gasteiger charge is 2.65. The lowest BCUT2D eigenvalue weighted by Crippen LogP contribution is -2.61. The molecule has 4 aliphatic carbocycles. The Morgan fingerprint density at radius 2 is 1.40 bits per heavy atom. The van der Waals surface area contributed by atoms with E-state index in [1.54, 1.807) is 6.92 Å². The number of hydrogen-bond donors (Lipinski definition) is 0. The second-order valence-electron chi connectivity index (χ2n) is 15.9. The molecular weight excluding hydrogens is 524 g/mol. The van der Waals surface area contributed by atoms with Crippen molar-refractivity contribution in [3.05, 3.63) is 0 Å². The first-order chi connectivity index (χ1) is 20.2. The highest BCUT2D eigenvalue weighted by atomic mass is 16.5. The van der Waals surface area contributed by atoms with Gasteiger partial charge >= 0.3 is 11.9 Å². The highest BCUT2D eigenvalue weighted by molar-refractivity contribution is 5.69. The number of hydrogen-bond acceptors (Lipinski definition) is 6. The van der Waals surface area contributed by atoms with E-state index in [1.807, 2.05) is 0 Å². The van der Waals surface area contributed by atoms with Crippen molar-refractivity contribution in [2.24, 2.45) is 34.5 Å². The third-order valence-corrected chi connectivity index (χ3v) is 13.6. The van der Waals surface area contributed by atoms with Crippen LogP contribution in [0.15, 0.2) is 0 Å². The van der Waals surface area contributed by atoms with Crippen LogP contribution in [0.3, 0.4) is 0 Å². The Bertz CT molecular complexity index is 958. The van der Waals surface area contributed by atoms with Crippen molar-refractivity contribution in [2.45, 2.75) is 155 Å². The number of esters is 2. The van der Waals surface area contributed by atoms with Gasteiger partial charge in [0.2, 0.25) is 0 Å². The largest absolute Gasteiger partial charge is 0.461 e. The molecule has 4 saturated carbocycles. The van der Waals surface area contributed by atoms with Crippen LogP contribution in [-0.4, -0.2) is 72.2 Å². The predicted octanol–water partition coefficient (Wildman–Crippen LogP) is 6.99. The minimum Gasteiger partial charge on any atom is -0.461 e. The van der Waals surface area contributed by atoms with E-state index < -0.39 is 0 Å². The van der Waals surface area contributed by atoms with Gasteiger partial charge in [0.15, 0.2) is 0 Å². The molecule has 238 valence electrons. The fraction of sp³-hybridized carbons (Fsp3) is 0.944. The summed E-state index contributed by atoms with van der Waals surface area (Å²) in [4.78, 5) is 30.7. The lowest BCUT2D eigenvalue weighted by molar-refractivity contribution is -0.180. The van der Waals surface area contributed by atoms with E-state index in [-0.39, 0.29) is 35.0 Å². The average Bonchev–Trinajstić information content (AvgIpc) is 3.10. The summed E-state index contributed by atoms with van der Waals surface area (Å²) < 4.78 is 12.7. The number of rotatable bonds is 6. The molecule has 0 spiro atoms. The fourth-order valence-corrected chi connectivity index (χ4v) is 11.6. The second-order valence-corrected chi connectivity index (χ2v) is 15.9. The lowest BCUT2D eigenvalue weighted by atomic mass is 9.44. The highest BCUT2D eigenvalue weighted by Crippen LogP contribution is 2.67. The van der Waals surface area contributed by atoms with Gasteiger partial charge in [0.1, 0.15) is 12.2 Å². The first-order valence-electron chi connectivity index (χ1n) is 18.1. The molecule has 0 radical (unpaired) electrons. The van der Waals surface area contributed by atoms with Crippen molar-refractivity contribution in [1.82, 2.24) is 9.80 Å². The number of piperidine rings is 1. The molecule has 0 aromatic carbocycles. The normalized spacial score (nSPS) is 44.8. The summed E-state index contributed by atoms with van der Waals surface area (Å²) in [6, 6.07) is 0.739. The molecule has 6 aliphatic rings. The van der Waals surface area contributed by atoms with Gasteiger partial charge in [-0.3, -0.25) is 19.4 Å². The molecule has 10 atom stereocenters. The quantitative estimate of drug-likeness (QED) is 0.314. The standard InChI is InChI=1S/C36H60N2O4/c1-5-13-33(40)42-34-30(37-18-9-6-7-10-19-37)23-29-27-15-14-26-22-32(41-25(2)39)31(38-20-11-8-12-21-38)24-36(26,4)28(27)16-17-35(29,34)3/h26-32,34H,5-24H2,1-4H3/t26-,27+,28-,29-,30-,31-,32-,34-,35-,36-/m0/s1. The maximum absolute atomic E-state index is 13.0. The van der Waals surface area contributed by atoms with E-state index >= 15 is 0 Å². The van der Waals surface area contributed by atoms with Crippen molar-refractivity contribution in [3.63, 3.8) is 0 Å². The SMILES string of the molecule is CCCC(=O)O[C@H]1[C@@H](N2CCCCCC2)C[C@H]2[C@@H]3CC[C@H]4C[C@H](OC(C)=O)[C@@H](N5CCCCC5)C[C@]4(C)[C@H]3CC[C@@]21C. The van der Waals surface area contributed by atoms with Crippen molar-refractivity contribution in [2.75, 3.05) is 26.2 Å². The van der Waals surface area contributed by atoms with E-state index in [0.717, 1.165) is 44.9 Å². The second kappa shape index (κ2) is 12.7. The summed E-state index contributed by atoms with van der Waals surface area (Å²) in [6.45, 7) is 13.5. The number of ether oxygens (including phenoxy) is 2. The summed E-state index contributed by atoms with van der Waals surface area (Å²) in [5, 5.41) is 0. The van der Waals surface area contributed by atoms with Crippen LogP contribution in [0.4, 0.5) is 0 Å². The monoisotopic (exact) mass is 584 g/mol. The van der Waals surface area contributed by atoms with Crippen LogP contribution in [0.2, 0.25) is 0 Å². The predicted molar refractivity (Wildman–Crippen MR) is 166 cm³/mol. The first kappa shape index (κ1) is 30.9. The van der Waals surface area contributed by atoms with Crippen molar-refractivity contribution >= 4 is 11.9 Å². The summed E-state index contributed by atoms with van der Waals surface area (Å²) in [6.07, 6.45) is 19.0. The maximum atomic E-state index is 13.0. The Kier molecular flexibility index (Phi) is 9.33. The molecule has 2 saturated heterocycles. The van der Waals surface area contributed by atoms with Crippen molar-refractivity contribution in [1.29, 1.82) is 0 Å². The molecular formula is C36H60N2O4. The third kappa shape index (κ3) is 5.70. The Morgan fingerprint density at radius 1 is 0.762 bits per heavy atom. The smallest absolute Gasteiger partial charge is 0.306 e. The summed E-state index contributed by atoms with van der Waals surface area (Å²) in [5.41, 5.74) is 0.365. The van der Waals surface area contributed by atoms with Crippen LogP contribution in [0.5, 0.6) is 0 Å². The minimum atomic E-state index is -0.109. The van der Waals surface area contributed by atoms with Gasteiger partial charge in [-0.15, -0.1) is 0 Å². The van der Waals surface area contributed by atoms with E-state index in [1.165, 1.54) is 83.5 Å². The molecule has 2 aliphatic heterocycles. The van der Waals surface area contributed by atoms with Crippen molar-refractivity contribution < 1.29 is 19.1 Å². The van der Waals surface area contributed by atoms with E-state index in [0.29, 0.717) is 36.3 Å². The van der Waals surface area contributed by atoms with Crippen LogP contribution < -0.4 is 0 Å². The van der Waals surface area contributed by atoms with Crippen LogP contribution in [0, 0.1) is 34.5 Å². The fourth-order valence-electron chi connectivity index (χ4n) is 11.6.